The molecular weight excluding hydrogens is 238 g/mol. The summed E-state index contributed by atoms with van der Waals surface area (Å²) in [7, 11) is 3.38. The highest BCUT2D eigenvalue weighted by molar-refractivity contribution is 6.31. The van der Waals surface area contributed by atoms with Crippen LogP contribution in [0.5, 0.6) is 0 Å². The zero-order valence-electron chi connectivity index (χ0n) is 10.3. The van der Waals surface area contributed by atoms with Crippen molar-refractivity contribution < 1.29 is 9.53 Å². The third-order valence-electron chi connectivity index (χ3n) is 3.51. The number of allylic oxidation sites excluding steroid dienone is 4. The van der Waals surface area contributed by atoms with E-state index in [9.17, 15) is 4.79 Å². The second-order valence-corrected chi connectivity index (χ2v) is 4.93. The van der Waals surface area contributed by atoms with Gasteiger partial charge in [-0.25, -0.2) is 0 Å². The minimum absolute atomic E-state index is 0.00574. The van der Waals surface area contributed by atoms with E-state index in [0.29, 0.717) is 22.9 Å². The molecule has 1 spiro atoms. The summed E-state index contributed by atoms with van der Waals surface area (Å²) in [5.74, 6) is 0.660. The topological polar surface area (TPSA) is 29.5 Å². The molecule has 92 valence electrons. The first-order valence-corrected chi connectivity index (χ1v) is 5.94. The van der Waals surface area contributed by atoms with Crippen molar-refractivity contribution in [1.29, 1.82) is 0 Å². The lowest BCUT2D eigenvalue weighted by Gasteiger charge is -2.30. The van der Waals surface area contributed by atoms with Crippen molar-refractivity contribution >= 4 is 17.5 Å². The molecule has 0 radical (unpaired) electrons. The maximum Gasteiger partial charge on any atom is 0.253 e. The monoisotopic (exact) mass is 253 g/mol. The molecule has 0 N–H and O–H groups in total. The number of hydrogen-bond acceptors (Lipinski definition) is 2. The predicted octanol–water partition coefficient (Wildman–Crippen LogP) is 2.45. The third-order valence-corrected chi connectivity index (χ3v) is 3.99. The number of carbonyl (C=O) groups is 1. The van der Waals surface area contributed by atoms with Gasteiger partial charge in [-0.05, 0) is 19.4 Å². The number of methoxy groups -OCH3 is 1. The van der Waals surface area contributed by atoms with Crippen LogP contribution in [0.3, 0.4) is 0 Å². The van der Waals surface area contributed by atoms with E-state index in [0.717, 1.165) is 6.42 Å². The van der Waals surface area contributed by atoms with Crippen molar-refractivity contribution in [2.45, 2.75) is 13.3 Å². The quantitative estimate of drug-likeness (QED) is 0.531. The molecule has 0 bridgehead atoms. The van der Waals surface area contributed by atoms with Gasteiger partial charge in [-0.1, -0.05) is 23.8 Å². The first kappa shape index (κ1) is 12.2. The van der Waals surface area contributed by atoms with Crippen LogP contribution < -0.4 is 0 Å². The molecule has 0 aromatic rings. The van der Waals surface area contributed by atoms with Gasteiger partial charge in [0, 0.05) is 18.6 Å². The SMILES string of the molecule is CO/C(C)=C1\C(=O)N(C)C[C@@]12CC=CC=C2Cl. The summed E-state index contributed by atoms with van der Waals surface area (Å²) >= 11 is 6.35. The summed E-state index contributed by atoms with van der Waals surface area (Å²) in [6.07, 6.45) is 6.58. The smallest absolute Gasteiger partial charge is 0.253 e. The molecule has 1 amide bonds. The molecule has 2 aliphatic rings. The van der Waals surface area contributed by atoms with E-state index in [1.165, 1.54) is 0 Å². The molecule has 0 aromatic heterocycles. The van der Waals surface area contributed by atoms with Crippen molar-refractivity contribution in [3.63, 3.8) is 0 Å². The Kier molecular flexibility index (Phi) is 3.04. The lowest BCUT2D eigenvalue weighted by atomic mass is 9.76. The minimum Gasteiger partial charge on any atom is -0.501 e. The minimum atomic E-state index is -0.414. The van der Waals surface area contributed by atoms with Crippen molar-refractivity contribution in [2.24, 2.45) is 5.41 Å². The summed E-state index contributed by atoms with van der Waals surface area (Å²) in [5.41, 5.74) is 0.274. The van der Waals surface area contributed by atoms with E-state index in [4.69, 9.17) is 16.3 Å². The molecular formula is C13H16ClNO2. The molecule has 0 saturated carbocycles. The molecule has 1 saturated heterocycles. The van der Waals surface area contributed by atoms with E-state index in [2.05, 4.69) is 0 Å². The van der Waals surface area contributed by atoms with Gasteiger partial charge in [-0.3, -0.25) is 4.79 Å². The molecule has 17 heavy (non-hydrogen) atoms. The number of halogens is 1. The highest BCUT2D eigenvalue weighted by Crippen LogP contribution is 2.49. The largest absolute Gasteiger partial charge is 0.501 e. The van der Waals surface area contributed by atoms with E-state index in [-0.39, 0.29) is 5.91 Å². The fourth-order valence-corrected chi connectivity index (χ4v) is 2.89. The maximum atomic E-state index is 12.2. The Morgan fingerprint density at radius 1 is 1.59 bits per heavy atom. The van der Waals surface area contributed by atoms with Gasteiger partial charge >= 0.3 is 0 Å². The van der Waals surface area contributed by atoms with Crippen LogP contribution in [0.2, 0.25) is 0 Å². The van der Waals surface area contributed by atoms with Gasteiger partial charge in [0.05, 0.1) is 18.1 Å². The molecule has 4 heteroatoms. The normalized spacial score (nSPS) is 30.9. The summed E-state index contributed by atoms with van der Waals surface area (Å²) in [6.45, 7) is 2.43. The molecule has 1 heterocycles. The standard InChI is InChI=1S/C13H16ClNO2/c1-9(17-3)11-12(16)15(2)8-13(11)7-5-4-6-10(13)14/h4-6H,7-8H2,1-3H3/b11-9+/t13-/m1/s1. The van der Waals surface area contributed by atoms with Gasteiger partial charge in [-0.2, -0.15) is 0 Å². The van der Waals surface area contributed by atoms with Crippen LogP contribution in [0.25, 0.3) is 0 Å². The van der Waals surface area contributed by atoms with Crippen molar-refractivity contribution in [1.82, 2.24) is 4.90 Å². The van der Waals surface area contributed by atoms with Gasteiger partial charge in [0.2, 0.25) is 0 Å². The molecule has 3 nitrogen and oxygen atoms in total. The lowest BCUT2D eigenvalue weighted by Crippen LogP contribution is -2.27. The summed E-state index contributed by atoms with van der Waals surface area (Å²) in [5, 5.41) is 0.712. The zero-order chi connectivity index (χ0) is 12.6. The molecule has 0 unspecified atom stereocenters. The summed E-state index contributed by atoms with van der Waals surface area (Å²) < 4.78 is 5.25. The van der Waals surface area contributed by atoms with E-state index < -0.39 is 5.41 Å². The Morgan fingerprint density at radius 3 is 2.88 bits per heavy atom. The first-order chi connectivity index (χ1) is 8.03. The Balaban J connectivity index is 2.58. The Hall–Kier alpha value is -1.22. The van der Waals surface area contributed by atoms with Crippen LogP contribution in [-0.4, -0.2) is 31.5 Å². The fourth-order valence-electron chi connectivity index (χ4n) is 2.58. The first-order valence-electron chi connectivity index (χ1n) is 5.56. The van der Waals surface area contributed by atoms with Crippen LogP contribution in [0.1, 0.15) is 13.3 Å². The van der Waals surface area contributed by atoms with Gasteiger partial charge in [-0.15, -0.1) is 0 Å². The highest BCUT2D eigenvalue weighted by atomic mass is 35.5. The van der Waals surface area contributed by atoms with Crippen LogP contribution in [0.15, 0.2) is 34.6 Å². The van der Waals surface area contributed by atoms with Crippen LogP contribution in [-0.2, 0) is 9.53 Å². The molecule has 1 aliphatic heterocycles. The van der Waals surface area contributed by atoms with Crippen LogP contribution >= 0.6 is 11.6 Å². The second kappa shape index (κ2) is 4.22. The van der Waals surface area contributed by atoms with Crippen LogP contribution in [0, 0.1) is 5.41 Å². The number of nitrogens with zero attached hydrogens (tertiary/aromatic N) is 1. The number of amides is 1. The molecule has 1 fully saturated rings. The average Bonchev–Trinajstić information content (AvgIpc) is 2.56. The maximum absolute atomic E-state index is 12.2. The number of likely N-dealkylation sites (tertiary alicyclic amines) is 1. The highest BCUT2D eigenvalue weighted by Gasteiger charge is 2.50. The molecule has 0 aromatic carbocycles. The average molecular weight is 254 g/mol. The summed E-state index contributed by atoms with van der Waals surface area (Å²) in [4.78, 5) is 13.9. The number of ether oxygens (including phenoxy) is 1. The van der Waals surface area contributed by atoms with Crippen LogP contribution in [0.4, 0.5) is 0 Å². The van der Waals surface area contributed by atoms with Gasteiger partial charge in [0.25, 0.3) is 5.91 Å². The predicted molar refractivity (Wildman–Crippen MR) is 67.5 cm³/mol. The zero-order valence-corrected chi connectivity index (χ0v) is 11.0. The fraction of sp³-hybridized carbons (Fsp3) is 0.462. The van der Waals surface area contributed by atoms with Crippen molar-refractivity contribution in [3.05, 3.63) is 34.6 Å². The van der Waals surface area contributed by atoms with Gasteiger partial charge in [0.15, 0.2) is 0 Å². The molecule has 1 atom stereocenters. The number of rotatable bonds is 1. The number of likely N-dealkylation sites (N-methyl/N-ethyl adjacent to an activating group) is 1. The Bertz CT molecular complexity index is 450. The molecule has 2 rings (SSSR count). The van der Waals surface area contributed by atoms with E-state index >= 15 is 0 Å². The summed E-state index contributed by atoms with van der Waals surface area (Å²) in [6, 6.07) is 0. The van der Waals surface area contributed by atoms with E-state index in [1.807, 2.05) is 25.2 Å². The van der Waals surface area contributed by atoms with Crippen molar-refractivity contribution in [3.8, 4) is 0 Å². The van der Waals surface area contributed by atoms with Gasteiger partial charge < -0.3 is 9.64 Å². The Morgan fingerprint density at radius 2 is 2.29 bits per heavy atom. The molecule has 1 aliphatic carbocycles. The number of carbonyl (C=O) groups excluding carboxylic acids is 1. The lowest BCUT2D eigenvalue weighted by molar-refractivity contribution is -0.123. The Labute approximate surface area is 106 Å². The second-order valence-electron chi connectivity index (χ2n) is 4.53. The van der Waals surface area contributed by atoms with Crippen molar-refractivity contribution in [2.75, 3.05) is 20.7 Å². The van der Waals surface area contributed by atoms with E-state index in [1.54, 1.807) is 19.1 Å². The third kappa shape index (κ3) is 1.69. The van der Waals surface area contributed by atoms with Gasteiger partial charge in [0.1, 0.15) is 5.76 Å². The number of hydrogen-bond donors (Lipinski definition) is 0.